The van der Waals surface area contributed by atoms with E-state index in [4.69, 9.17) is 5.73 Å². The molecule has 1 heteroatoms. The molecule has 68 valence electrons. The van der Waals surface area contributed by atoms with Gasteiger partial charge in [-0.15, -0.1) is 0 Å². The van der Waals surface area contributed by atoms with Gasteiger partial charge in [-0.3, -0.25) is 0 Å². The summed E-state index contributed by atoms with van der Waals surface area (Å²) in [6.45, 7) is 6.15. The lowest BCUT2D eigenvalue weighted by Crippen LogP contribution is -2.15. The zero-order chi connectivity index (χ0) is 9.40. The van der Waals surface area contributed by atoms with Gasteiger partial charge in [-0.2, -0.15) is 0 Å². The summed E-state index contributed by atoms with van der Waals surface area (Å²) in [4.78, 5) is 0. The molecule has 1 unspecified atom stereocenters. The van der Waals surface area contributed by atoms with Crippen molar-refractivity contribution in [3.63, 3.8) is 0 Å². The molecular formula is C11H19N. The lowest BCUT2D eigenvalue weighted by atomic mass is 10.1. The van der Waals surface area contributed by atoms with Crippen LogP contribution in [0.1, 0.15) is 27.2 Å². The number of rotatable bonds is 4. The highest BCUT2D eigenvalue weighted by molar-refractivity contribution is 5.21. The lowest BCUT2D eigenvalue weighted by molar-refractivity contribution is 0.778. The van der Waals surface area contributed by atoms with Crippen LogP contribution in [0.3, 0.4) is 0 Å². The van der Waals surface area contributed by atoms with Crippen molar-refractivity contribution in [1.29, 1.82) is 0 Å². The quantitative estimate of drug-likeness (QED) is 0.637. The van der Waals surface area contributed by atoms with Crippen LogP contribution in [0, 0.1) is 0 Å². The van der Waals surface area contributed by atoms with Crippen molar-refractivity contribution in [3.05, 3.63) is 36.0 Å². The largest absolute Gasteiger partial charge is 0.324 e. The molecule has 0 rings (SSSR count). The van der Waals surface area contributed by atoms with E-state index in [1.807, 2.05) is 25.2 Å². The molecule has 0 spiro atoms. The summed E-state index contributed by atoms with van der Waals surface area (Å²) in [6.07, 6.45) is 11.2. The smallest absolute Gasteiger partial charge is 0.0226 e. The van der Waals surface area contributed by atoms with E-state index in [0.717, 1.165) is 6.42 Å². The third-order valence-corrected chi connectivity index (χ3v) is 1.61. The van der Waals surface area contributed by atoms with Crippen LogP contribution in [0.2, 0.25) is 0 Å². The fourth-order valence-corrected chi connectivity index (χ4v) is 0.830. The Morgan fingerprint density at radius 3 is 2.58 bits per heavy atom. The molecule has 0 heterocycles. The minimum atomic E-state index is 0.195. The Labute approximate surface area is 75.7 Å². The summed E-state index contributed by atoms with van der Waals surface area (Å²) < 4.78 is 0. The van der Waals surface area contributed by atoms with Gasteiger partial charge in [0.15, 0.2) is 0 Å². The molecule has 0 aliphatic carbocycles. The van der Waals surface area contributed by atoms with Gasteiger partial charge in [0.2, 0.25) is 0 Å². The predicted molar refractivity (Wildman–Crippen MR) is 56.0 cm³/mol. The third-order valence-electron chi connectivity index (χ3n) is 1.61. The van der Waals surface area contributed by atoms with E-state index in [1.54, 1.807) is 0 Å². The molecule has 0 aromatic heterocycles. The summed E-state index contributed by atoms with van der Waals surface area (Å²) in [5.41, 5.74) is 6.97. The Kier molecular flexibility index (Phi) is 6.39. The van der Waals surface area contributed by atoms with E-state index in [9.17, 15) is 0 Å². The van der Waals surface area contributed by atoms with Gasteiger partial charge < -0.3 is 5.73 Å². The molecule has 0 bridgehead atoms. The van der Waals surface area contributed by atoms with Crippen molar-refractivity contribution in [2.75, 3.05) is 0 Å². The average molecular weight is 165 g/mol. The minimum Gasteiger partial charge on any atom is -0.324 e. The zero-order valence-corrected chi connectivity index (χ0v) is 8.25. The summed E-state index contributed by atoms with van der Waals surface area (Å²) in [7, 11) is 0. The minimum absolute atomic E-state index is 0.195. The lowest BCUT2D eigenvalue weighted by Gasteiger charge is -2.01. The Morgan fingerprint density at radius 1 is 1.42 bits per heavy atom. The van der Waals surface area contributed by atoms with Gasteiger partial charge in [0, 0.05) is 6.04 Å². The molecule has 0 radical (unpaired) electrons. The first-order valence-electron chi connectivity index (χ1n) is 4.44. The molecule has 1 atom stereocenters. The highest BCUT2D eigenvalue weighted by Gasteiger charge is 1.91. The van der Waals surface area contributed by atoms with Crippen molar-refractivity contribution in [2.24, 2.45) is 5.73 Å². The van der Waals surface area contributed by atoms with Crippen LogP contribution < -0.4 is 5.73 Å². The third kappa shape index (κ3) is 5.93. The van der Waals surface area contributed by atoms with Crippen molar-refractivity contribution in [1.82, 2.24) is 0 Å². The van der Waals surface area contributed by atoms with Crippen molar-refractivity contribution in [2.45, 2.75) is 33.2 Å². The molecule has 0 aromatic carbocycles. The fourth-order valence-electron chi connectivity index (χ4n) is 0.830. The molecule has 0 aliphatic rings. The molecule has 0 fully saturated rings. The van der Waals surface area contributed by atoms with Crippen LogP contribution in [0.15, 0.2) is 36.0 Å². The van der Waals surface area contributed by atoms with Gasteiger partial charge in [0.25, 0.3) is 0 Å². The number of hydrogen-bond donors (Lipinski definition) is 1. The van der Waals surface area contributed by atoms with E-state index < -0.39 is 0 Å². The maximum absolute atomic E-state index is 5.75. The van der Waals surface area contributed by atoms with E-state index in [0.29, 0.717) is 0 Å². The fraction of sp³-hybridized carbons (Fsp3) is 0.455. The maximum Gasteiger partial charge on any atom is 0.0226 e. The Hall–Kier alpha value is -0.820. The Morgan fingerprint density at radius 2 is 2.08 bits per heavy atom. The standard InChI is InChI=1S/C11H19N/c1-4-6-7-8-10(3)9-11(12)5-2/h4,6-9,11H,5,12H2,1-3H3/b6-4-,8-7-,10-9+. The first-order chi connectivity index (χ1) is 5.70. The van der Waals surface area contributed by atoms with Gasteiger partial charge in [-0.1, -0.05) is 42.9 Å². The second-order valence-corrected chi connectivity index (χ2v) is 2.87. The predicted octanol–water partition coefficient (Wildman–Crippen LogP) is 2.80. The van der Waals surface area contributed by atoms with Crippen LogP contribution in [-0.4, -0.2) is 6.04 Å². The van der Waals surface area contributed by atoms with Gasteiger partial charge in [-0.05, 0) is 20.3 Å². The van der Waals surface area contributed by atoms with Crippen LogP contribution in [-0.2, 0) is 0 Å². The van der Waals surface area contributed by atoms with Gasteiger partial charge in [0.05, 0.1) is 0 Å². The maximum atomic E-state index is 5.75. The second-order valence-electron chi connectivity index (χ2n) is 2.87. The van der Waals surface area contributed by atoms with E-state index in [-0.39, 0.29) is 6.04 Å². The normalized spacial score (nSPS) is 16.2. The highest BCUT2D eigenvalue weighted by atomic mass is 14.6. The van der Waals surface area contributed by atoms with E-state index in [2.05, 4.69) is 26.0 Å². The molecular weight excluding hydrogens is 146 g/mol. The summed E-state index contributed by atoms with van der Waals surface area (Å²) in [5.74, 6) is 0. The SMILES string of the molecule is C\C=C/C=C\C(C)=C\C(N)CC. The summed E-state index contributed by atoms with van der Waals surface area (Å²) in [5, 5.41) is 0. The first-order valence-corrected chi connectivity index (χ1v) is 4.44. The first kappa shape index (κ1) is 11.2. The molecule has 0 aromatic rings. The van der Waals surface area contributed by atoms with Gasteiger partial charge in [-0.25, -0.2) is 0 Å². The van der Waals surface area contributed by atoms with E-state index in [1.165, 1.54) is 5.57 Å². The zero-order valence-electron chi connectivity index (χ0n) is 8.25. The molecule has 0 saturated carbocycles. The van der Waals surface area contributed by atoms with Gasteiger partial charge in [0.1, 0.15) is 0 Å². The monoisotopic (exact) mass is 165 g/mol. The summed E-state index contributed by atoms with van der Waals surface area (Å²) >= 11 is 0. The molecule has 0 aliphatic heterocycles. The van der Waals surface area contributed by atoms with Crippen LogP contribution in [0.25, 0.3) is 0 Å². The van der Waals surface area contributed by atoms with Crippen LogP contribution in [0.4, 0.5) is 0 Å². The molecule has 2 N–H and O–H groups in total. The number of allylic oxidation sites excluding steroid dienone is 5. The molecule has 0 amide bonds. The van der Waals surface area contributed by atoms with Crippen LogP contribution in [0.5, 0.6) is 0 Å². The van der Waals surface area contributed by atoms with Crippen LogP contribution >= 0.6 is 0 Å². The van der Waals surface area contributed by atoms with Crippen molar-refractivity contribution < 1.29 is 0 Å². The number of nitrogens with two attached hydrogens (primary N) is 1. The van der Waals surface area contributed by atoms with E-state index >= 15 is 0 Å². The molecule has 1 nitrogen and oxygen atoms in total. The molecule has 12 heavy (non-hydrogen) atoms. The Balaban J connectivity index is 4.01. The number of hydrogen-bond acceptors (Lipinski definition) is 1. The molecule has 0 saturated heterocycles. The highest BCUT2D eigenvalue weighted by Crippen LogP contribution is 1.99. The van der Waals surface area contributed by atoms with Crippen molar-refractivity contribution in [3.8, 4) is 0 Å². The summed E-state index contributed by atoms with van der Waals surface area (Å²) in [6, 6.07) is 0.195. The Bertz CT molecular complexity index is 187. The second kappa shape index (κ2) is 6.86. The van der Waals surface area contributed by atoms with Crippen molar-refractivity contribution >= 4 is 0 Å². The topological polar surface area (TPSA) is 26.0 Å². The van der Waals surface area contributed by atoms with Gasteiger partial charge >= 0.3 is 0 Å². The average Bonchev–Trinajstić information content (AvgIpc) is 2.05.